The zero-order chi connectivity index (χ0) is 29.1. The van der Waals surface area contributed by atoms with Crippen molar-refractivity contribution in [3.63, 3.8) is 0 Å². The van der Waals surface area contributed by atoms with E-state index in [2.05, 4.69) is 40.4 Å². The van der Waals surface area contributed by atoms with Crippen LogP contribution in [-0.2, 0) is 18.6 Å². The van der Waals surface area contributed by atoms with Crippen LogP contribution in [-0.4, -0.2) is 54.4 Å². The van der Waals surface area contributed by atoms with E-state index in [-0.39, 0.29) is 29.2 Å². The first kappa shape index (κ1) is 30.3. The van der Waals surface area contributed by atoms with Gasteiger partial charge in [-0.15, -0.1) is 0 Å². The highest BCUT2D eigenvalue weighted by atomic mass is 28.4. The van der Waals surface area contributed by atoms with Crippen LogP contribution in [0.15, 0.2) is 58.8 Å². The van der Waals surface area contributed by atoms with Crippen molar-refractivity contribution in [2.75, 3.05) is 6.61 Å². The van der Waals surface area contributed by atoms with Crippen molar-refractivity contribution >= 4 is 20.4 Å². The first-order chi connectivity index (χ1) is 18.2. The lowest BCUT2D eigenvalue weighted by Gasteiger charge is -2.39. The Morgan fingerprint density at radius 3 is 2.41 bits per heavy atom. The average molecular weight is 559 g/mol. The second kappa shape index (κ2) is 11.8. The van der Waals surface area contributed by atoms with Crippen LogP contribution in [0.3, 0.4) is 0 Å². The molecule has 1 fully saturated rings. The molecule has 1 aromatic heterocycles. The molecule has 1 aliphatic heterocycles. The molecule has 1 aromatic carbocycles. The number of hydrogen-bond donors (Lipinski definition) is 0. The summed E-state index contributed by atoms with van der Waals surface area (Å²) in [7, 11) is -2.35. The molecule has 2 aromatic rings. The second-order valence-corrected chi connectivity index (χ2v) is 15.8. The van der Waals surface area contributed by atoms with Crippen molar-refractivity contribution in [2.24, 2.45) is 0 Å². The minimum atomic E-state index is -2.35. The van der Waals surface area contributed by atoms with E-state index in [4.69, 9.17) is 18.6 Å². The molecule has 11 heteroatoms. The molecule has 212 valence electrons. The lowest BCUT2D eigenvalue weighted by molar-refractivity contribution is -0.0803. The molecule has 2 heterocycles. The van der Waals surface area contributed by atoms with Crippen LogP contribution >= 0.6 is 0 Å². The Morgan fingerprint density at radius 2 is 1.85 bits per heavy atom. The molecular formula is C28H38N2O8Si. The maximum absolute atomic E-state index is 13.6. The Morgan fingerprint density at radius 1 is 1.21 bits per heavy atom. The molecule has 10 nitrogen and oxygen atoms in total. The molecular weight excluding hydrogens is 520 g/mol. The summed E-state index contributed by atoms with van der Waals surface area (Å²) in [6.07, 6.45) is -1.09. The molecule has 1 saturated heterocycles. The first-order valence-corrected chi connectivity index (χ1v) is 15.9. The standard InChI is InChI=1S/C28H38N2O8Si/c1-9-20(36-27(34)35-10-2)23-21(38-39(7,8)28(4,5)6)16-22(37-23)29-17-18(3)24(31)30(26(29)33)25(32)19-14-12-11-13-15-19/h9,11-15,17,20-23H,1,10,16H2,2-8H3/t20?,21-,22+,23+/m0/s1. The summed E-state index contributed by atoms with van der Waals surface area (Å²) < 4.78 is 25.2. The molecule has 0 saturated carbocycles. The Kier molecular flexibility index (Phi) is 9.19. The Bertz CT molecular complexity index is 1330. The van der Waals surface area contributed by atoms with Crippen molar-refractivity contribution in [1.82, 2.24) is 9.13 Å². The maximum atomic E-state index is 13.6. The summed E-state index contributed by atoms with van der Waals surface area (Å²) in [5.74, 6) is -0.735. The van der Waals surface area contributed by atoms with E-state index in [1.165, 1.54) is 35.9 Å². The van der Waals surface area contributed by atoms with Gasteiger partial charge in [-0.25, -0.2) is 9.59 Å². The average Bonchev–Trinajstić information content (AvgIpc) is 3.27. The zero-order valence-electron chi connectivity index (χ0n) is 23.6. The van der Waals surface area contributed by atoms with E-state index in [1.807, 2.05) is 0 Å². The Labute approximate surface area is 229 Å². The number of nitrogens with zero attached hydrogens (tertiary/aromatic N) is 2. The van der Waals surface area contributed by atoms with Crippen LogP contribution in [0.5, 0.6) is 0 Å². The van der Waals surface area contributed by atoms with Crippen LogP contribution in [0, 0.1) is 6.92 Å². The maximum Gasteiger partial charge on any atom is 0.508 e. The SMILES string of the molecule is C=CC(OC(=O)OCC)[C@H]1O[C@@H](n2cc(C)c(=O)n(C(=O)c3ccccc3)c2=O)C[C@@H]1O[Si](C)(C)C(C)(C)C. The van der Waals surface area contributed by atoms with Crippen molar-refractivity contribution in [1.29, 1.82) is 0 Å². The molecule has 0 bridgehead atoms. The van der Waals surface area contributed by atoms with Gasteiger partial charge in [0.2, 0.25) is 0 Å². The molecule has 1 aliphatic rings. The monoisotopic (exact) mass is 558 g/mol. The van der Waals surface area contributed by atoms with Crippen LogP contribution in [0.1, 0.15) is 56.3 Å². The van der Waals surface area contributed by atoms with Gasteiger partial charge in [0.25, 0.3) is 11.5 Å². The Balaban J connectivity index is 2.06. The normalized spacial score (nSPS) is 20.3. The van der Waals surface area contributed by atoms with Crippen LogP contribution in [0.25, 0.3) is 0 Å². The number of ether oxygens (including phenoxy) is 3. The minimum absolute atomic E-state index is 0.131. The number of aryl methyl sites for hydroxylation is 1. The van der Waals surface area contributed by atoms with E-state index < -0.39 is 56.2 Å². The van der Waals surface area contributed by atoms with Crippen molar-refractivity contribution in [2.45, 2.75) is 83.7 Å². The molecule has 4 atom stereocenters. The van der Waals surface area contributed by atoms with Gasteiger partial charge in [0.15, 0.2) is 14.4 Å². The predicted octanol–water partition coefficient (Wildman–Crippen LogP) is 4.41. The first-order valence-electron chi connectivity index (χ1n) is 13.0. The van der Waals surface area contributed by atoms with Gasteiger partial charge in [-0.1, -0.05) is 45.5 Å². The largest absolute Gasteiger partial charge is 0.508 e. The highest BCUT2D eigenvalue weighted by Crippen LogP contribution is 2.42. The van der Waals surface area contributed by atoms with Gasteiger partial charge in [0.05, 0.1) is 12.7 Å². The number of benzene rings is 1. The van der Waals surface area contributed by atoms with E-state index in [1.54, 1.807) is 25.1 Å². The van der Waals surface area contributed by atoms with Gasteiger partial charge in [0, 0.05) is 23.7 Å². The summed E-state index contributed by atoms with van der Waals surface area (Å²) >= 11 is 0. The number of carbonyl (C=O) groups is 2. The smallest absolute Gasteiger partial charge is 0.435 e. The summed E-state index contributed by atoms with van der Waals surface area (Å²) in [6.45, 7) is 17.6. The molecule has 0 amide bonds. The summed E-state index contributed by atoms with van der Waals surface area (Å²) in [4.78, 5) is 51.8. The fourth-order valence-electron chi connectivity index (χ4n) is 4.10. The second-order valence-electron chi connectivity index (χ2n) is 11.0. The van der Waals surface area contributed by atoms with E-state index >= 15 is 0 Å². The Hall–Kier alpha value is -3.28. The molecule has 0 N–H and O–H groups in total. The van der Waals surface area contributed by atoms with Gasteiger partial charge >= 0.3 is 11.8 Å². The lowest BCUT2D eigenvalue weighted by atomic mass is 10.1. The van der Waals surface area contributed by atoms with Crippen LogP contribution in [0.4, 0.5) is 4.79 Å². The van der Waals surface area contributed by atoms with Crippen LogP contribution in [0.2, 0.25) is 18.1 Å². The van der Waals surface area contributed by atoms with Gasteiger partial charge in [-0.3, -0.25) is 14.2 Å². The molecule has 0 spiro atoms. The third kappa shape index (κ3) is 6.48. The third-order valence-corrected chi connectivity index (χ3v) is 11.7. The molecule has 3 rings (SSSR count). The van der Waals surface area contributed by atoms with Crippen molar-refractivity contribution < 1.29 is 28.2 Å². The van der Waals surface area contributed by atoms with Gasteiger partial charge < -0.3 is 18.6 Å². The highest BCUT2D eigenvalue weighted by Gasteiger charge is 2.48. The number of rotatable bonds is 8. The molecule has 1 unspecified atom stereocenters. The van der Waals surface area contributed by atoms with Crippen molar-refractivity contribution in [3.05, 3.63) is 81.1 Å². The topological polar surface area (TPSA) is 115 Å². The van der Waals surface area contributed by atoms with Gasteiger partial charge in [-0.2, -0.15) is 4.57 Å². The predicted molar refractivity (Wildman–Crippen MR) is 149 cm³/mol. The molecule has 0 radical (unpaired) electrons. The zero-order valence-corrected chi connectivity index (χ0v) is 24.6. The summed E-state index contributed by atoms with van der Waals surface area (Å²) in [5.41, 5.74) is -1.15. The molecule has 0 aliphatic carbocycles. The van der Waals surface area contributed by atoms with Gasteiger partial charge in [-0.05, 0) is 50.2 Å². The third-order valence-electron chi connectivity index (χ3n) is 7.24. The fourth-order valence-corrected chi connectivity index (χ4v) is 5.44. The van der Waals surface area contributed by atoms with Gasteiger partial charge in [0.1, 0.15) is 12.3 Å². The number of hydrogen-bond acceptors (Lipinski definition) is 8. The molecule has 39 heavy (non-hydrogen) atoms. The van der Waals surface area contributed by atoms with E-state index in [9.17, 15) is 19.2 Å². The quantitative estimate of drug-likeness (QED) is 0.266. The van der Waals surface area contributed by atoms with E-state index in [0.717, 1.165) is 0 Å². The minimum Gasteiger partial charge on any atom is -0.435 e. The number of carbonyl (C=O) groups excluding carboxylic acids is 2. The fraction of sp³-hybridized carbons (Fsp3) is 0.500. The highest BCUT2D eigenvalue weighted by molar-refractivity contribution is 6.74. The summed E-state index contributed by atoms with van der Waals surface area (Å²) in [6, 6.07) is 8.11. The van der Waals surface area contributed by atoms with Crippen LogP contribution < -0.4 is 11.2 Å². The van der Waals surface area contributed by atoms with Crippen molar-refractivity contribution in [3.8, 4) is 0 Å². The summed E-state index contributed by atoms with van der Waals surface area (Å²) in [5, 5.41) is -0.135. The number of aromatic nitrogens is 2. The van der Waals surface area contributed by atoms with E-state index in [0.29, 0.717) is 4.57 Å². The lowest BCUT2D eigenvalue weighted by Crippen LogP contribution is -2.48.